The summed E-state index contributed by atoms with van der Waals surface area (Å²) in [4.78, 5) is 0. The molecule has 0 saturated carbocycles. The van der Waals surface area contributed by atoms with Crippen LogP contribution in [0.15, 0.2) is 87.8 Å². The molecule has 0 fully saturated rings. The summed E-state index contributed by atoms with van der Waals surface area (Å²) in [5, 5.41) is 4.81. The Labute approximate surface area is 173 Å². The van der Waals surface area contributed by atoms with Gasteiger partial charge in [0.05, 0.1) is 17.9 Å². The van der Waals surface area contributed by atoms with Crippen LogP contribution in [0.1, 0.15) is 5.56 Å². The van der Waals surface area contributed by atoms with Crippen LogP contribution in [0.4, 0.5) is 4.39 Å². The van der Waals surface area contributed by atoms with E-state index in [-0.39, 0.29) is 5.82 Å². The van der Waals surface area contributed by atoms with Gasteiger partial charge >= 0.3 is 0 Å². The predicted octanol–water partition coefficient (Wildman–Crippen LogP) is 6.93. The molecule has 0 N–H and O–H groups in total. The molecule has 1 aromatic heterocycles. The topological polar surface area (TPSA) is 17.8 Å². The number of hydrogen-bond acceptors (Lipinski definition) is 1. The van der Waals surface area contributed by atoms with Crippen molar-refractivity contribution in [3.05, 3.63) is 99.2 Å². The van der Waals surface area contributed by atoms with Gasteiger partial charge < -0.3 is 0 Å². The first-order chi connectivity index (χ1) is 13.1. The average molecular weight is 486 g/mol. The Hall–Kier alpha value is -2.24. The molecule has 0 atom stereocenters. The monoisotopic (exact) mass is 484 g/mol. The second-order valence-corrected chi connectivity index (χ2v) is 8.05. The highest BCUT2D eigenvalue weighted by atomic mass is 79.9. The van der Waals surface area contributed by atoms with E-state index in [1.54, 1.807) is 12.1 Å². The van der Waals surface area contributed by atoms with Crippen LogP contribution < -0.4 is 0 Å². The van der Waals surface area contributed by atoms with Gasteiger partial charge in [-0.1, -0.05) is 68.3 Å². The van der Waals surface area contributed by atoms with Gasteiger partial charge in [-0.3, -0.25) is 4.68 Å². The third-order valence-electron chi connectivity index (χ3n) is 4.24. The van der Waals surface area contributed by atoms with E-state index in [2.05, 4.69) is 50.1 Å². The standard InChI is InChI=1S/C22H15Br2FN2/c23-18-7-2-5-16(11-18)21-13-22(17-6-3-8-19(24)12-17)27(26-21)14-15-4-1-9-20(25)10-15/h1-13H,14H2. The number of aromatic nitrogens is 2. The molecule has 0 aliphatic rings. The van der Waals surface area contributed by atoms with Crippen molar-refractivity contribution in [3.8, 4) is 22.5 Å². The van der Waals surface area contributed by atoms with E-state index in [9.17, 15) is 4.39 Å². The Morgan fingerprint density at radius 2 is 1.44 bits per heavy atom. The van der Waals surface area contributed by atoms with Crippen LogP contribution in [0.3, 0.4) is 0 Å². The van der Waals surface area contributed by atoms with Crippen molar-refractivity contribution in [2.24, 2.45) is 0 Å². The average Bonchev–Trinajstić information content (AvgIpc) is 3.06. The minimum Gasteiger partial charge on any atom is -0.260 e. The SMILES string of the molecule is Fc1cccc(Cn2nc(-c3cccc(Br)c3)cc2-c2cccc(Br)c2)c1. The summed E-state index contributed by atoms with van der Waals surface area (Å²) >= 11 is 7.05. The molecule has 0 spiro atoms. The second-order valence-electron chi connectivity index (χ2n) is 6.22. The van der Waals surface area contributed by atoms with Gasteiger partial charge in [0, 0.05) is 20.1 Å². The molecule has 5 heteroatoms. The smallest absolute Gasteiger partial charge is 0.123 e. The lowest BCUT2D eigenvalue weighted by Crippen LogP contribution is -2.04. The number of halogens is 3. The lowest BCUT2D eigenvalue weighted by atomic mass is 10.1. The van der Waals surface area contributed by atoms with Crippen molar-refractivity contribution in [1.29, 1.82) is 0 Å². The van der Waals surface area contributed by atoms with E-state index in [4.69, 9.17) is 5.10 Å². The largest absolute Gasteiger partial charge is 0.260 e. The Bertz CT molecular complexity index is 1100. The van der Waals surface area contributed by atoms with Crippen LogP contribution in [0, 0.1) is 5.82 Å². The van der Waals surface area contributed by atoms with Crippen LogP contribution in [-0.4, -0.2) is 9.78 Å². The van der Waals surface area contributed by atoms with Gasteiger partial charge in [0.15, 0.2) is 0 Å². The molecule has 0 aliphatic heterocycles. The lowest BCUT2D eigenvalue weighted by molar-refractivity contribution is 0.620. The van der Waals surface area contributed by atoms with E-state index in [1.165, 1.54) is 6.07 Å². The third kappa shape index (κ3) is 4.20. The second kappa shape index (κ2) is 7.79. The van der Waals surface area contributed by atoms with Crippen molar-refractivity contribution in [2.45, 2.75) is 6.54 Å². The Kier molecular flexibility index (Phi) is 5.23. The summed E-state index contributed by atoms with van der Waals surface area (Å²) in [5.74, 6) is -0.240. The molecule has 0 saturated heterocycles. The first kappa shape index (κ1) is 18.1. The first-order valence-electron chi connectivity index (χ1n) is 8.43. The molecule has 1 heterocycles. The number of hydrogen-bond donors (Lipinski definition) is 0. The summed E-state index contributed by atoms with van der Waals surface area (Å²) in [5.41, 5.74) is 4.81. The normalized spacial score (nSPS) is 10.9. The summed E-state index contributed by atoms with van der Waals surface area (Å²) in [6.07, 6.45) is 0. The summed E-state index contributed by atoms with van der Waals surface area (Å²) < 4.78 is 17.5. The molecule has 0 amide bonds. The van der Waals surface area contributed by atoms with Crippen LogP contribution >= 0.6 is 31.9 Å². The number of rotatable bonds is 4. The zero-order chi connectivity index (χ0) is 18.8. The molecule has 2 nitrogen and oxygen atoms in total. The maximum atomic E-state index is 13.6. The van der Waals surface area contributed by atoms with Crippen molar-refractivity contribution < 1.29 is 4.39 Å². The summed E-state index contributed by atoms with van der Waals surface area (Å²) in [7, 11) is 0. The molecule has 0 bridgehead atoms. The molecule has 4 aromatic rings. The highest BCUT2D eigenvalue weighted by Gasteiger charge is 2.13. The minimum atomic E-state index is -0.240. The van der Waals surface area contributed by atoms with Gasteiger partial charge in [-0.2, -0.15) is 5.10 Å². The van der Waals surface area contributed by atoms with Crippen LogP contribution in [-0.2, 0) is 6.54 Å². The highest BCUT2D eigenvalue weighted by molar-refractivity contribution is 9.10. The van der Waals surface area contributed by atoms with Crippen LogP contribution in [0.25, 0.3) is 22.5 Å². The molecule has 4 rings (SSSR count). The van der Waals surface area contributed by atoms with E-state index in [0.29, 0.717) is 6.54 Å². The molecular weight excluding hydrogens is 471 g/mol. The van der Waals surface area contributed by atoms with Gasteiger partial charge in [0.2, 0.25) is 0 Å². The molecule has 0 radical (unpaired) electrons. The maximum Gasteiger partial charge on any atom is 0.123 e. The minimum absolute atomic E-state index is 0.240. The first-order valence-corrected chi connectivity index (χ1v) is 10.0. The molecule has 27 heavy (non-hydrogen) atoms. The molecule has 3 aromatic carbocycles. The maximum absolute atomic E-state index is 13.6. The van der Waals surface area contributed by atoms with Gasteiger partial charge in [0.1, 0.15) is 5.82 Å². The lowest BCUT2D eigenvalue weighted by Gasteiger charge is -2.08. The fourth-order valence-corrected chi connectivity index (χ4v) is 3.81. The van der Waals surface area contributed by atoms with Crippen LogP contribution in [0.5, 0.6) is 0 Å². The van der Waals surface area contributed by atoms with E-state index < -0.39 is 0 Å². The molecule has 134 valence electrons. The zero-order valence-corrected chi connectivity index (χ0v) is 17.4. The van der Waals surface area contributed by atoms with E-state index >= 15 is 0 Å². The zero-order valence-electron chi connectivity index (χ0n) is 14.2. The van der Waals surface area contributed by atoms with Crippen molar-refractivity contribution in [3.63, 3.8) is 0 Å². The summed E-state index contributed by atoms with van der Waals surface area (Å²) in [6.45, 7) is 0.494. The molecular formula is C22H15Br2FN2. The number of nitrogens with zero attached hydrogens (tertiary/aromatic N) is 2. The molecule has 0 unspecified atom stereocenters. The molecule has 0 aliphatic carbocycles. The van der Waals surface area contributed by atoms with Gasteiger partial charge in [0.25, 0.3) is 0 Å². The third-order valence-corrected chi connectivity index (χ3v) is 5.23. The predicted molar refractivity (Wildman–Crippen MR) is 114 cm³/mol. The van der Waals surface area contributed by atoms with Gasteiger partial charge in [-0.15, -0.1) is 0 Å². The van der Waals surface area contributed by atoms with Gasteiger partial charge in [-0.05, 0) is 48.0 Å². The number of benzene rings is 3. The Balaban J connectivity index is 1.82. The summed E-state index contributed by atoms with van der Waals surface area (Å²) in [6, 6.07) is 24.9. The quantitative estimate of drug-likeness (QED) is 0.306. The van der Waals surface area contributed by atoms with E-state index in [0.717, 1.165) is 37.0 Å². The van der Waals surface area contributed by atoms with Crippen molar-refractivity contribution in [2.75, 3.05) is 0 Å². The Morgan fingerprint density at radius 3 is 2.15 bits per heavy atom. The van der Waals surface area contributed by atoms with Crippen LogP contribution in [0.2, 0.25) is 0 Å². The fraction of sp³-hybridized carbons (Fsp3) is 0.0455. The Morgan fingerprint density at radius 1 is 0.778 bits per heavy atom. The van der Waals surface area contributed by atoms with Crippen molar-refractivity contribution in [1.82, 2.24) is 9.78 Å². The van der Waals surface area contributed by atoms with E-state index in [1.807, 2.05) is 47.1 Å². The van der Waals surface area contributed by atoms with Crippen molar-refractivity contribution >= 4 is 31.9 Å². The van der Waals surface area contributed by atoms with Gasteiger partial charge in [-0.25, -0.2) is 4.39 Å². The fourth-order valence-electron chi connectivity index (χ4n) is 3.01. The highest BCUT2D eigenvalue weighted by Crippen LogP contribution is 2.29.